The maximum Gasteiger partial charge on any atom is 0.258 e. The lowest BCUT2D eigenvalue weighted by Crippen LogP contribution is -2.25. The van der Waals surface area contributed by atoms with Crippen LogP contribution < -0.4 is 4.74 Å². The molecule has 2 aromatic rings. The van der Waals surface area contributed by atoms with Gasteiger partial charge in [-0.2, -0.15) is 0 Å². The van der Waals surface area contributed by atoms with Crippen molar-refractivity contribution >= 4 is 5.91 Å². The van der Waals surface area contributed by atoms with E-state index in [1.807, 2.05) is 32.0 Å². The van der Waals surface area contributed by atoms with Gasteiger partial charge in [0.2, 0.25) is 0 Å². The number of carbonyl (C=O) groups excluding carboxylic acids is 1. The van der Waals surface area contributed by atoms with E-state index in [2.05, 4.69) is 6.92 Å². The van der Waals surface area contributed by atoms with Gasteiger partial charge in [-0.25, -0.2) is 0 Å². The van der Waals surface area contributed by atoms with E-state index in [1.54, 1.807) is 11.0 Å². The quantitative estimate of drug-likeness (QED) is 0.845. The van der Waals surface area contributed by atoms with Crippen molar-refractivity contribution in [1.29, 1.82) is 0 Å². The summed E-state index contributed by atoms with van der Waals surface area (Å²) in [7, 11) is 0. The van der Waals surface area contributed by atoms with Crippen LogP contribution in [0, 0.1) is 0 Å². The van der Waals surface area contributed by atoms with Crippen LogP contribution in [0.2, 0.25) is 0 Å². The zero-order chi connectivity index (χ0) is 18.8. The van der Waals surface area contributed by atoms with Gasteiger partial charge in [-0.3, -0.25) is 4.79 Å². The molecule has 0 radical (unpaired) electrons. The summed E-state index contributed by atoms with van der Waals surface area (Å²) < 4.78 is 5.66. The van der Waals surface area contributed by atoms with Crippen LogP contribution in [0.3, 0.4) is 0 Å². The summed E-state index contributed by atoms with van der Waals surface area (Å²) in [5.74, 6) is 0.443. The molecule has 0 spiro atoms. The highest BCUT2D eigenvalue weighted by molar-refractivity contribution is 5.97. The van der Waals surface area contributed by atoms with E-state index >= 15 is 0 Å². The summed E-state index contributed by atoms with van der Waals surface area (Å²) >= 11 is 0. The molecule has 0 atom stereocenters. The third kappa shape index (κ3) is 3.47. The van der Waals surface area contributed by atoms with E-state index in [-0.39, 0.29) is 28.9 Å². The predicted octanol–water partition coefficient (Wildman–Crippen LogP) is 4.17. The highest BCUT2D eigenvalue weighted by atomic mass is 16.5. The highest BCUT2D eigenvalue weighted by Gasteiger charge is 2.27. The van der Waals surface area contributed by atoms with E-state index in [0.717, 1.165) is 23.3 Å². The smallest absolute Gasteiger partial charge is 0.258 e. The lowest BCUT2D eigenvalue weighted by molar-refractivity contribution is 0.0748. The van der Waals surface area contributed by atoms with Gasteiger partial charge < -0.3 is 19.8 Å². The number of hydrogen-bond donors (Lipinski definition) is 2. The summed E-state index contributed by atoms with van der Waals surface area (Å²) in [5.41, 5.74) is 3.03. The second kappa shape index (κ2) is 7.28. The average Bonchev–Trinajstić information content (AvgIpc) is 3.02. The van der Waals surface area contributed by atoms with Crippen LogP contribution in [0.5, 0.6) is 17.2 Å². The molecule has 3 rings (SSSR count). The first kappa shape index (κ1) is 18.1. The van der Waals surface area contributed by atoms with Crippen LogP contribution >= 0.6 is 0 Å². The number of carbonyl (C=O) groups is 1. The maximum atomic E-state index is 12.9. The summed E-state index contributed by atoms with van der Waals surface area (Å²) in [5, 5.41) is 20.1. The summed E-state index contributed by atoms with van der Waals surface area (Å²) in [4.78, 5) is 14.6. The summed E-state index contributed by atoms with van der Waals surface area (Å²) in [6.45, 7) is 7.58. The van der Waals surface area contributed by atoms with Crippen molar-refractivity contribution in [2.24, 2.45) is 0 Å². The van der Waals surface area contributed by atoms with Crippen LogP contribution in [0.15, 0.2) is 30.3 Å². The first-order valence-corrected chi connectivity index (χ1v) is 9.00. The average molecular weight is 355 g/mol. The third-order valence-electron chi connectivity index (χ3n) is 4.66. The van der Waals surface area contributed by atoms with E-state index in [0.29, 0.717) is 25.3 Å². The van der Waals surface area contributed by atoms with Gasteiger partial charge in [0.15, 0.2) is 0 Å². The van der Waals surface area contributed by atoms with Crippen LogP contribution in [0.1, 0.15) is 60.2 Å². The normalized spacial score (nSPS) is 13.2. The van der Waals surface area contributed by atoms with Crippen molar-refractivity contribution in [2.75, 3.05) is 6.61 Å². The molecule has 2 N–H and O–H groups in total. The van der Waals surface area contributed by atoms with Crippen LogP contribution in [0.4, 0.5) is 0 Å². The molecule has 1 amide bonds. The Kier molecular flexibility index (Phi) is 5.07. The molecule has 138 valence electrons. The third-order valence-corrected chi connectivity index (χ3v) is 4.66. The zero-order valence-corrected chi connectivity index (χ0v) is 15.5. The summed E-state index contributed by atoms with van der Waals surface area (Å²) in [6, 6.07) is 8.74. The van der Waals surface area contributed by atoms with E-state index in [9.17, 15) is 15.0 Å². The molecule has 1 heterocycles. The van der Waals surface area contributed by atoms with Gasteiger partial charge in [-0.1, -0.05) is 26.8 Å². The Hall–Kier alpha value is -2.69. The van der Waals surface area contributed by atoms with Crippen molar-refractivity contribution in [3.8, 4) is 17.2 Å². The van der Waals surface area contributed by atoms with Crippen molar-refractivity contribution in [2.45, 2.75) is 46.2 Å². The number of aromatic hydroxyl groups is 2. The van der Waals surface area contributed by atoms with E-state index < -0.39 is 0 Å². The summed E-state index contributed by atoms with van der Waals surface area (Å²) in [6.07, 6.45) is 0.944. The Morgan fingerprint density at radius 3 is 2.54 bits per heavy atom. The minimum atomic E-state index is -0.239. The Bertz CT molecular complexity index is 829. The van der Waals surface area contributed by atoms with Crippen molar-refractivity contribution in [3.05, 3.63) is 52.6 Å². The Balaban J connectivity index is 1.82. The van der Waals surface area contributed by atoms with E-state index in [1.165, 1.54) is 6.07 Å². The van der Waals surface area contributed by atoms with Gasteiger partial charge >= 0.3 is 0 Å². The molecule has 0 saturated carbocycles. The second-order valence-corrected chi connectivity index (χ2v) is 7.02. The minimum absolute atomic E-state index is 0.0106. The number of phenols is 2. The van der Waals surface area contributed by atoms with E-state index in [4.69, 9.17) is 4.74 Å². The Morgan fingerprint density at radius 1 is 1.12 bits per heavy atom. The number of hydrogen-bond acceptors (Lipinski definition) is 4. The number of phenolic OH excluding ortho intramolecular Hbond substituents is 2. The molecule has 2 aromatic carbocycles. The number of amides is 1. The van der Waals surface area contributed by atoms with Crippen LogP contribution in [-0.2, 0) is 13.1 Å². The molecule has 5 heteroatoms. The van der Waals surface area contributed by atoms with Gasteiger partial charge in [0.1, 0.15) is 17.2 Å². The van der Waals surface area contributed by atoms with Crippen LogP contribution in [0.25, 0.3) is 0 Å². The second-order valence-electron chi connectivity index (χ2n) is 7.02. The standard InChI is InChI=1S/C21H25NO4/c1-4-7-26-16-6-5-14-11-22(12-15(14)8-16)21(25)18-9-17(13(2)3)19(23)10-20(18)24/h5-6,8-10,13,23-24H,4,7,11-12H2,1-3H3. The van der Waals surface area contributed by atoms with Gasteiger partial charge in [0.05, 0.1) is 12.2 Å². The number of rotatable bonds is 5. The lowest BCUT2D eigenvalue weighted by Gasteiger charge is -2.18. The topological polar surface area (TPSA) is 70.0 Å². The molecule has 5 nitrogen and oxygen atoms in total. The first-order valence-electron chi connectivity index (χ1n) is 9.00. The number of ether oxygens (including phenoxy) is 1. The molecular weight excluding hydrogens is 330 g/mol. The largest absolute Gasteiger partial charge is 0.508 e. The van der Waals surface area contributed by atoms with Gasteiger partial charge in [0, 0.05) is 19.2 Å². The molecule has 0 aromatic heterocycles. The number of nitrogens with zero attached hydrogens (tertiary/aromatic N) is 1. The molecule has 0 aliphatic carbocycles. The molecule has 1 aliphatic heterocycles. The fourth-order valence-electron chi connectivity index (χ4n) is 3.22. The predicted molar refractivity (Wildman–Crippen MR) is 99.7 cm³/mol. The number of fused-ring (bicyclic) bond motifs is 1. The maximum absolute atomic E-state index is 12.9. The molecular formula is C21H25NO4. The number of benzene rings is 2. The first-order chi connectivity index (χ1) is 12.4. The molecule has 1 aliphatic rings. The Morgan fingerprint density at radius 2 is 1.85 bits per heavy atom. The minimum Gasteiger partial charge on any atom is -0.508 e. The van der Waals surface area contributed by atoms with Gasteiger partial charge in [-0.15, -0.1) is 0 Å². The molecule has 0 bridgehead atoms. The van der Waals surface area contributed by atoms with Gasteiger partial charge in [-0.05, 0) is 47.2 Å². The molecule has 26 heavy (non-hydrogen) atoms. The molecule has 0 unspecified atom stereocenters. The molecule has 0 saturated heterocycles. The van der Waals surface area contributed by atoms with Gasteiger partial charge in [0.25, 0.3) is 5.91 Å². The monoisotopic (exact) mass is 355 g/mol. The molecule has 0 fully saturated rings. The fourth-order valence-corrected chi connectivity index (χ4v) is 3.22. The van der Waals surface area contributed by atoms with Crippen molar-refractivity contribution in [3.63, 3.8) is 0 Å². The zero-order valence-electron chi connectivity index (χ0n) is 15.5. The lowest BCUT2D eigenvalue weighted by atomic mass is 9.98. The fraction of sp³-hybridized carbons (Fsp3) is 0.381. The highest BCUT2D eigenvalue weighted by Crippen LogP contribution is 2.34. The van der Waals surface area contributed by atoms with Crippen LogP contribution in [-0.4, -0.2) is 27.6 Å². The Labute approximate surface area is 153 Å². The van der Waals surface area contributed by atoms with Crippen molar-refractivity contribution in [1.82, 2.24) is 4.90 Å². The van der Waals surface area contributed by atoms with Crippen molar-refractivity contribution < 1.29 is 19.7 Å². The SMILES string of the molecule is CCCOc1ccc2c(c1)CN(C(=O)c1cc(C(C)C)c(O)cc1O)C2.